The van der Waals surface area contributed by atoms with E-state index in [1.165, 1.54) is 6.07 Å². The third kappa shape index (κ3) is 3.26. The molecule has 3 aromatic rings. The SMILES string of the molecule is CC[C@@]1(c2ccc(OC)cc2)NC(=O)N(Cc2cc(=O)oc3c(C)c(C)ccc23)C1=O. The first-order chi connectivity index (χ1) is 14.8. The molecule has 1 saturated heterocycles. The monoisotopic (exact) mass is 420 g/mol. The molecule has 1 aliphatic heterocycles. The molecular formula is C24H24N2O5. The molecule has 0 aliphatic carbocycles. The molecule has 0 unspecified atom stereocenters. The zero-order valence-electron chi connectivity index (χ0n) is 17.9. The first-order valence-electron chi connectivity index (χ1n) is 10.1. The van der Waals surface area contributed by atoms with Crippen LogP contribution < -0.4 is 15.7 Å². The maximum Gasteiger partial charge on any atom is 0.336 e. The second-order valence-corrected chi connectivity index (χ2v) is 7.78. The van der Waals surface area contributed by atoms with Crippen molar-refractivity contribution < 1.29 is 18.7 Å². The number of methoxy groups -OCH3 is 1. The summed E-state index contributed by atoms with van der Waals surface area (Å²) in [4.78, 5) is 39.7. The first-order valence-corrected chi connectivity index (χ1v) is 10.1. The van der Waals surface area contributed by atoms with Gasteiger partial charge >= 0.3 is 11.7 Å². The molecule has 2 heterocycles. The number of ether oxygens (including phenoxy) is 1. The number of fused-ring (bicyclic) bond motifs is 1. The fourth-order valence-corrected chi connectivity index (χ4v) is 4.11. The van der Waals surface area contributed by atoms with Crippen LogP contribution in [0.4, 0.5) is 4.79 Å². The van der Waals surface area contributed by atoms with Crippen LogP contribution in [0.15, 0.2) is 51.7 Å². The van der Waals surface area contributed by atoms with Crippen molar-refractivity contribution in [2.45, 2.75) is 39.3 Å². The lowest BCUT2D eigenvalue weighted by Gasteiger charge is -2.26. The zero-order chi connectivity index (χ0) is 22.3. The standard InChI is InChI=1S/C24H24N2O5/c1-5-24(17-7-9-18(30-4)10-8-17)22(28)26(23(29)25-24)13-16-12-20(27)31-21-15(3)14(2)6-11-19(16)21/h6-12H,5,13H2,1-4H3,(H,25,29)/t24-/m0/s1. The molecule has 31 heavy (non-hydrogen) atoms. The molecule has 1 atom stereocenters. The molecule has 4 rings (SSSR count). The van der Waals surface area contributed by atoms with Crippen LogP contribution in [-0.4, -0.2) is 23.9 Å². The Balaban J connectivity index is 1.75. The third-order valence-electron chi connectivity index (χ3n) is 6.13. The normalized spacial score (nSPS) is 18.5. The highest BCUT2D eigenvalue weighted by atomic mass is 16.5. The van der Waals surface area contributed by atoms with E-state index in [0.717, 1.165) is 16.0 Å². The molecule has 7 heteroatoms. The van der Waals surface area contributed by atoms with Gasteiger partial charge in [-0.15, -0.1) is 0 Å². The number of urea groups is 1. The lowest BCUT2D eigenvalue weighted by atomic mass is 9.87. The van der Waals surface area contributed by atoms with Crippen LogP contribution in [0.2, 0.25) is 0 Å². The topological polar surface area (TPSA) is 88.8 Å². The number of aryl methyl sites for hydroxylation is 2. The van der Waals surface area contributed by atoms with Crippen molar-refractivity contribution in [1.29, 1.82) is 0 Å². The van der Waals surface area contributed by atoms with Gasteiger partial charge in [0.05, 0.1) is 13.7 Å². The summed E-state index contributed by atoms with van der Waals surface area (Å²) in [6.45, 7) is 5.64. The number of nitrogens with zero attached hydrogens (tertiary/aromatic N) is 1. The van der Waals surface area contributed by atoms with E-state index in [-0.39, 0.29) is 12.5 Å². The van der Waals surface area contributed by atoms with Gasteiger partial charge in [0.25, 0.3) is 5.91 Å². The van der Waals surface area contributed by atoms with E-state index >= 15 is 0 Å². The van der Waals surface area contributed by atoms with E-state index in [4.69, 9.17) is 9.15 Å². The van der Waals surface area contributed by atoms with Crippen LogP contribution in [-0.2, 0) is 16.9 Å². The fraction of sp³-hybridized carbons (Fsp3) is 0.292. The fourth-order valence-electron chi connectivity index (χ4n) is 4.11. The van der Waals surface area contributed by atoms with Crippen LogP contribution in [0.5, 0.6) is 5.75 Å². The molecule has 0 radical (unpaired) electrons. The van der Waals surface area contributed by atoms with Crippen molar-refractivity contribution in [3.8, 4) is 5.75 Å². The number of amides is 3. The molecular weight excluding hydrogens is 396 g/mol. The van der Waals surface area contributed by atoms with E-state index < -0.39 is 17.2 Å². The molecule has 7 nitrogen and oxygen atoms in total. The molecule has 0 bridgehead atoms. The lowest BCUT2D eigenvalue weighted by Crippen LogP contribution is -2.43. The Labute approximate surface area is 179 Å². The van der Waals surface area contributed by atoms with Crippen molar-refractivity contribution in [3.63, 3.8) is 0 Å². The quantitative estimate of drug-likeness (QED) is 0.501. The summed E-state index contributed by atoms with van der Waals surface area (Å²) >= 11 is 0. The predicted molar refractivity (Wildman–Crippen MR) is 116 cm³/mol. The van der Waals surface area contributed by atoms with Crippen molar-refractivity contribution in [2.24, 2.45) is 0 Å². The number of carbonyl (C=O) groups is 2. The Kier molecular flexibility index (Phi) is 5.05. The maximum absolute atomic E-state index is 13.5. The van der Waals surface area contributed by atoms with Gasteiger partial charge in [0.15, 0.2) is 0 Å². The molecule has 1 aliphatic rings. The molecule has 160 valence electrons. The Morgan fingerprint density at radius 3 is 2.42 bits per heavy atom. The number of carbonyl (C=O) groups excluding carboxylic acids is 2. The Hall–Kier alpha value is -3.61. The smallest absolute Gasteiger partial charge is 0.336 e. The van der Waals surface area contributed by atoms with Gasteiger partial charge in [-0.3, -0.25) is 9.69 Å². The highest BCUT2D eigenvalue weighted by molar-refractivity contribution is 6.07. The van der Waals surface area contributed by atoms with Crippen LogP contribution in [0, 0.1) is 13.8 Å². The van der Waals surface area contributed by atoms with E-state index in [2.05, 4.69) is 5.32 Å². The van der Waals surface area contributed by atoms with Crippen molar-refractivity contribution in [3.05, 3.63) is 75.1 Å². The predicted octanol–water partition coefficient (Wildman–Crippen LogP) is 3.78. The first kappa shape index (κ1) is 20.7. The van der Waals surface area contributed by atoms with Gasteiger partial charge in [-0.1, -0.05) is 31.2 Å². The van der Waals surface area contributed by atoms with Crippen LogP contribution in [0.25, 0.3) is 11.0 Å². The Bertz CT molecular complexity index is 1250. The van der Waals surface area contributed by atoms with Gasteiger partial charge in [-0.2, -0.15) is 0 Å². The van der Waals surface area contributed by atoms with Gasteiger partial charge in [0.2, 0.25) is 0 Å². The van der Waals surface area contributed by atoms with Crippen LogP contribution >= 0.6 is 0 Å². The largest absolute Gasteiger partial charge is 0.497 e. The van der Waals surface area contributed by atoms with Gasteiger partial charge in [0, 0.05) is 11.5 Å². The lowest BCUT2D eigenvalue weighted by molar-refractivity contribution is -0.132. The number of nitrogens with one attached hydrogen (secondary N) is 1. The average Bonchev–Trinajstić information content (AvgIpc) is 3.01. The van der Waals surface area contributed by atoms with Crippen molar-refractivity contribution in [1.82, 2.24) is 10.2 Å². The number of rotatable bonds is 5. The van der Waals surface area contributed by atoms with E-state index in [0.29, 0.717) is 34.3 Å². The number of benzene rings is 2. The minimum absolute atomic E-state index is 0.0207. The minimum Gasteiger partial charge on any atom is -0.497 e. The van der Waals surface area contributed by atoms with Gasteiger partial charge < -0.3 is 14.5 Å². The van der Waals surface area contributed by atoms with Crippen LogP contribution in [0.1, 0.15) is 35.6 Å². The Morgan fingerprint density at radius 1 is 1.06 bits per heavy atom. The molecule has 3 amide bonds. The summed E-state index contributed by atoms with van der Waals surface area (Å²) in [5.74, 6) is 0.312. The summed E-state index contributed by atoms with van der Waals surface area (Å²) in [5.41, 5.74) is 1.90. The summed E-state index contributed by atoms with van der Waals surface area (Å²) in [5, 5.41) is 3.58. The molecule has 1 fully saturated rings. The number of hydrogen-bond acceptors (Lipinski definition) is 5. The molecule has 1 N–H and O–H groups in total. The second kappa shape index (κ2) is 7.58. The maximum atomic E-state index is 13.5. The summed E-state index contributed by atoms with van der Waals surface area (Å²) in [6.07, 6.45) is 0.385. The van der Waals surface area contributed by atoms with Crippen molar-refractivity contribution in [2.75, 3.05) is 7.11 Å². The summed E-state index contributed by atoms with van der Waals surface area (Å²) in [6, 6.07) is 11.7. The third-order valence-corrected chi connectivity index (χ3v) is 6.13. The summed E-state index contributed by atoms with van der Waals surface area (Å²) in [7, 11) is 1.57. The summed E-state index contributed by atoms with van der Waals surface area (Å²) < 4.78 is 10.6. The number of hydrogen-bond donors (Lipinski definition) is 1. The molecule has 0 spiro atoms. The highest BCUT2D eigenvalue weighted by Gasteiger charge is 2.51. The van der Waals surface area contributed by atoms with E-state index in [1.807, 2.05) is 32.9 Å². The van der Waals surface area contributed by atoms with Crippen molar-refractivity contribution >= 4 is 22.9 Å². The van der Waals surface area contributed by atoms with E-state index in [9.17, 15) is 14.4 Å². The van der Waals surface area contributed by atoms with Crippen LogP contribution in [0.3, 0.4) is 0 Å². The Morgan fingerprint density at radius 2 is 1.77 bits per heavy atom. The van der Waals surface area contributed by atoms with Gasteiger partial charge in [0.1, 0.15) is 16.9 Å². The minimum atomic E-state index is -1.16. The molecule has 1 aromatic heterocycles. The molecule has 0 saturated carbocycles. The second-order valence-electron chi connectivity index (χ2n) is 7.78. The van der Waals surface area contributed by atoms with Gasteiger partial charge in [-0.05, 0) is 54.7 Å². The zero-order valence-corrected chi connectivity index (χ0v) is 17.9. The number of imide groups is 1. The van der Waals surface area contributed by atoms with E-state index in [1.54, 1.807) is 31.4 Å². The van der Waals surface area contributed by atoms with Gasteiger partial charge in [-0.25, -0.2) is 9.59 Å². The molecule has 2 aromatic carbocycles. The average molecular weight is 420 g/mol. The highest BCUT2D eigenvalue weighted by Crippen LogP contribution is 2.35.